The molecule has 0 radical (unpaired) electrons. The van der Waals surface area contributed by atoms with E-state index in [2.05, 4.69) is 30.5 Å². The van der Waals surface area contributed by atoms with E-state index in [0.29, 0.717) is 28.5 Å². The number of nitrogens with one attached hydrogen (secondary N) is 2. The van der Waals surface area contributed by atoms with Gasteiger partial charge in [0.1, 0.15) is 18.3 Å². The molecule has 37 heavy (non-hydrogen) atoms. The third-order valence-corrected chi connectivity index (χ3v) is 7.16. The number of ether oxygens (including phenoxy) is 3. The van der Waals surface area contributed by atoms with Crippen molar-refractivity contribution in [3.8, 4) is 28.5 Å². The van der Waals surface area contributed by atoms with E-state index in [1.807, 2.05) is 36.4 Å². The number of nitrogens with zero attached hydrogens (tertiary/aromatic N) is 3. The van der Waals surface area contributed by atoms with Gasteiger partial charge in [0, 0.05) is 39.0 Å². The second-order valence-corrected chi connectivity index (χ2v) is 11.8. The van der Waals surface area contributed by atoms with Crippen LogP contribution in [0.15, 0.2) is 48.7 Å². The molecule has 3 aromatic heterocycles. The smallest absolute Gasteiger partial charge is 0.296 e. The number of benzene rings is 1. The van der Waals surface area contributed by atoms with Gasteiger partial charge in [-0.25, -0.2) is 9.19 Å². The van der Waals surface area contributed by atoms with Crippen LogP contribution in [-0.2, 0) is 19.2 Å². The van der Waals surface area contributed by atoms with E-state index in [9.17, 15) is 9.32 Å². The number of hydrogen-bond acceptors (Lipinski definition) is 8. The lowest BCUT2D eigenvalue weighted by molar-refractivity contribution is 0.00706. The van der Waals surface area contributed by atoms with Crippen molar-refractivity contribution in [3.63, 3.8) is 0 Å². The van der Waals surface area contributed by atoms with Crippen LogP contribution in [-0.4, -0.2) is 79.0 Å². The van der Waals surface area contributed by atoms with Crippen LogP contribution < -0.4 is 9.46 Å². The Morgan fingerprint density at radius 3 is 2.62 bits per heavy atom. The van der Waals surface area contributed by atoms with Crippen LogP contribution in [0.25, 0.3) is 33.7 Å². The molecular formula is C25H24ClN5O5S. The fraction of sp³-hybridized carbons (Fsp3) is 0.280. The monoisotopic (exact) mass is 541 g/mol. The number of halogens is 1. The largest absolute Gasteiger partial charge is 0.456 e. The predicted octanol–water partition coefficient (Wildman–Crippen LogP) is 2.92. The van der Waals surface area contributed by atoms with Crippen molar-refractivity contribution < 1.29 is 23.5 Å². The summed E-state index contributed by atoms with van der Waals surface area (Å²) in [5, 5.41) is 10.4. The van der Waals surface area contributed by atoms with Crippen molar-refractivity contribution in [2.45, 2.75) is 24.4 Å². The van der Waals surface area contributed by atoms with Crippen molar-refractivity contribution in [2.75, 3.05) is 24.2 Å². The van der Waals surface area contributed by atoms with Crippen LogP contribution >= 0.6 is 11.6 Å². The van der Waals surface area contributed by atoms with Gasteiger partial charge in [0.2, 0.25) is 0 Å². The second-order valence-electron chi connectivity index (χ2n) is 9.17. The first-order valence-corrected chi connectivity index (χ1v) is 14.1. The lowest BCUT2D eigenvalue weighted by Crippen LogP contribution is -2.34. The summed E-state index contributed by atoms with van der Waals surface area (Å²) in [7, 11) is -2.34. The molecule has 6 rings (SSSR count). The van der Waals surface area contributed by atoms with Crippen molar-refractivity contribution in [1.29, 1.82) is 0 Å². The average molecular weight is 542 g/mol. The Hall–Kier alpha value is -3.22. The topological polar surface area (TPSA) is 131 Å². The molecule has 3 N–H and O–H groups in total. The highest BCUT2D eigenvalue weighted by atomic mass is 35.5. The van der Waals surface area contributed by atoms with E-state index in [1.54, 1.807) is 18.5 Å². The van der Waals surface area contributed by atoms with Gasteiger partial charge >= 0.3 is 0 Å². The molecule has 12 heteroatoms. The maximum absolute atomic E-state index is 11.8. The SMILES string of the molecule is C=S(C)(=O)Nc1ccc(-c2ccc(-c3nc4nc(OC5COC6C(O)COC56)[nH]c4cc3Cl)cn2)cc1. The molecule has 4 aromatic rings. The van der Waals surface area contributed by atoms with Crippen LogP contribution in [0.4, 0.5) is 5.69 Å². The number of fused-ring (bicyclic) bond motifs is 2. The molecular weight excluding hydrogens is 518 g/mol. The van der Waals surface area contributed by atoms with Crippen molar-refractivity contribution in [2.24, 2.45) is 0 Å². The molecule has 5 heterocycles. The molecule has 1 aromatic carbocycles. The van der Waals surface area contributed by atoms with E-state index in [4.69, 9.17) is 25.8 Å². The zero-order valence-electron chi connectivity index (χ0n) is 19.8. The summed E-state index contributed by atoms with van der Waals surface area (Å²) in [6.45, 7) is 0.526. The van der Waals surface area contributed by atoms with Crippen molar-refractivity contribution in [3.05, 3.63) is 53.7 Å². The number of pyridine rings is 2. The van der Waals surface area contributed by atoms with Gasteiger partial charge in [0.05, 0.1) is 35.1 Å². The second kappa shape index (κ2) is 9.26. The molecule has 0 amide bonds. The zero-order valence-corrected chi connectivity index (χ0v) is 21.3. The van der Waals surface area contributed by atoms with Gasteiger partial charge in [0.15, 0.2) is 11.8 Å². The van der Waals surface area contributed by atoms with Crippen LogP contribution in [0, 0.1) is 0 Å². The quantitative estimate of drug-likeness (QED) is 0.318. The highest BCUT2D eigenvalue weighted by molar-refractivity contribution is 8.00. The van der Waals surface area contributed by atoms with Gasteiger partial charge in [-0.15, -0.1) is 0 Å². The van der Waals surface area contributed by atoms with E-state index in [1.165, 1.54) is 0 Å². The summed E-state index contributed by atoms with van der Waals surface area (Å²) in [5.74, 6) is 3.60. The normalized spacial score (nSPS) is 24.6. The number of aliphatic hydroxyl groups excluding tert-OH is 1. The number of anilines is 1. The van der Waals surface area contributed by atoms with Crippen molar-refractivity contribution >= 4 is 44.0 Å². The van der Waals surface area contributed by atoms with Gasteiger partial charge in [-0.1, -0.05) is 23.7 Å². The number of hydrogen-bond donors (Lipinski definition) is 3. The molecule has 192 valence electrons. The maximum atomic E-state index is 11.8. The van der Waals surface area contributed by atoms with Crippen molar-refractivity contribution in [1.82, 2.24) is 19.9 Å². The molecule has 0 aliphatic carbocycles. The van der Waals surface area contributed by atoms with Gasteiger partial charge in [-0.05, 0) is 36.2 Å². The standard InChI is InChI=1S/C25H24ClN5O5S/c1-37(2,33)31-15-6-3-13(4-7-15)17-8-5-14(10-27-17)21-16(26)9-18-24(29-21)30-25(28-18)36-20-12-35-22-19(32)11-34-23(20)22/h3-10,19-20,22-23,32H,1,11-12H2,2H3,(H,31,33)(H,28,29,30). The molecule has 2 saturated heterocycles. The number of aromatic amines is 1. The minimum absolute atomic E-state index is 0.226. The Labute approximate surface area is 218 Å². The highest BCUT2D eigenvalue weighted by Crippen LogP contribution is 2.32. The Kier molecular flexibility index (Phi) is 6.04. The summed E-state index contributed by atoms with van der Waals surface area (Å²) in [6, 6.07) is 13.3. The summed E-state index contributed by atoms with van der Waals surface area (Å²) < 4.78 is 31.9. The van der Waals surface area contributed by atoms with E-state index in [0.717, 1.165) is 22.5 Å². The lowest BCUT2D eigenvalue weighted by atomic mass is 10.1. The molecule has 0 bridgehead atoms. The average Bonchev–Trinajstić information content (AvgIpc) is 3.55. The van der Waals surface area contributed by atoms with Crippen LogP contribution in [0.1, 0.15) is 0 Å². The molecule has 5 atom stereocenters. The number of imidazole rings is 1. The zero-order chi connectivity index (χ0) is 25.7. The Balaban J connectivity index is 1.21. The van der Waals surface area contributed by atoms with Crippen LogP contribution in [0.5, 0.6) is 6.01 Å². The van der Waals surface area contributed by atoms with E-state index in [-0.39, 0.29) is 30.9 Å². The predicted molar refractivity (Wildman–Crippen MR) is 142 cm³/mol. The number of rotatable bonds is 6. The first-order valence-electron chi connectivity index (χ1n) is 11.5. The molecule has 2 aliphatic heterocycles. The molecule has 2 fully saturated rings. The fourth-order valence-electron chi connectivity index (χ4n) is 4.51. The highest BCUT2D eigenvalue weighted by Gasteiger charge is 2.48. The summed E-state index contributed by atoms with van der Waals surface area (Å²) in [6.07, 6.45) is 1.49. The Morgan fingerprint density at radius 2 is 1.89 bits per heavy atom. The van der Waals surface area contributed by atoms with Gasteiger partial charge in [-0.3, -0.25) is 4.98 Å². The molecule has 2 aliphatic rings. The minimum Gasteiger partial charge on any atom is -0.456 e. The van der Waals surface area contributed by atoms with Gasteiger partial charge in [-0.2, -0.15) is 4.98 Å². The lowest BCUT2D eigenvalue weighted by Gasteiger charge is -2.15. The Morgan fingerprint density at radius 1 is 1.14 bits per heavy atom. The third-order valence-electron chi connectivity index (χ3n) is 6.20. The van der Waals surface area contributed by atoms with Crippen LogP contribution in [0.3, 0.4) is 0 Å². The molecule has 10 nitrogen and oxygen atoms in total. The summed E-state index contributed by atoms with van der Waals surface area (Å²) >= 11 is 6.55. The first kappa shape index (κ1) is 24.1. The van der Waals surface area contributed by atoms with Gasteiger partial charge < -0.3 is 29.0 Å². The van der Waals surface area contributed by atoms with Crippen LogP contribution in [0.2, 0.25) is 5.02 Å². The summed E-state index contributed by atoms with van der Waals surface area (Å²) in [5.41, 5.74) is 4.76. The number of aliphatic hydroxyl groups is 1. The van der Waals surface area contributed by atoms with E-state index < -0.39 is 15.8 Å². The fourth-order valence-corrected chi connectivity index (χ4v) is 5.40. The first-order chi connectivity index (χ1) is 17.7. The minimum atomic E-state index is -2.34. The number of aromatic nitrogens is 4. The molecule has 0 spiro atoms. The van der Waals surface area contributed by atoms with E-state index >= 15 is 0 Å². The number of H-pyrrole nitrogens is 1. The van der Waals surface area contributed by atoms with Gasteiger partial charge in [0.25, 0.3) is 6.01 Å². The summed E-state index contributed by atoms with van der Waals surface area (Å²) in [4.78, 5) is 16.7. The Bertz CT molecular complexity index is 1560. The third kappa shape index (κ3) is 4.88. The molecule has 0 saturated carbocycles. The molecule has 5 unspecified atom stereocenters. The maximum Gasteiger partial charge on any atom is 0.296 e.